The smallest absolute Gasteiger partial charge is 0.335 e. The van der Waals surface area contributed by atoms with E-state index in [0.29, 0.717) is 19.0 Å². The summed E-state index contributed by atoms with van der Waals surface area (Å²) in [5.74, 6) is -0.459. The van der Waals surface area contributed by atoms with Crippen molar-refractivity contribution in [1.29, 1.82) is 0 Å². The molecule has 1 aromatic rings. The van der Waals surface area contributed by atoms with Gasteiger partial charge in [0.05, 0.1) is 12.2 Å². The number of benzene rings is 1. The summed E-state index contributed by atoms with van der Waals surface area (Å²) < 4.78 is 5.45. The number of ether oxygens (including phenoxy) is 1. The Morgan fingerprint density at radius 3 is 2.82 bits per heavy atom. The fraction of sp³-hybridized carbons (Fsp3) is 0.417. The van der Waals surface area contributed by atoms with Crippen LogP contribution in [0.2, 0.25) is 0 Å². The number of carboxylic acids is 1. The predicted octanol–water partition coefficient (Wildman–Crippen LogP) is 1.04. The minimum absolute atomic E-state index is 0.0758. The van der Waals surface area contributed by atoms with E-state index in [9.17, 15) is 4.79 Å². The van der Waals surface area contributed by atoms with Crippen LogP contribution in [0.25, 0.3) is 0 Å². The van der Waals surface area contributed by atoms with Gasteiger partial charge in [0.1, 0.15) is 12.5 Å². The molecule has 0 atom stereocenters. The zero-order valence-corrected chi connectivity index (χ0v) is 9.80. The molecule has 5 heteroatoms. The maximum Gasteiger partial charge on any atom is 0.335 e. The fourth-order valence-corrected chi connectivity index (χ4v) is 1.34. The van der Waals surface area contributed by atoms with Gasteiger partial charge in [0.15, 0.2) is 0 Å². The highest BCUT2D eigenvalue weighted by Gasteiger charge is 2.05. The summed E-state index contributed by atoms with van der Waals surface area (Å²) >= 11 is 0. The van der Waals surface area contributed by atoms with Crippen molar-refractivity contribution in [3.05, 3.63) is 29.8 Å². The number of hydrogen-bond acceptors (Lipinski definition) is 4. The molecule has 2 N–H and O–H groups in total. The van der Waals surface area contributed by atoms with Crippen molar-refractivity contribution in [2.45, 2.75) is 6.92 Å². The van der Waals surface area contributed by atoms with Gasteiger partial charge in [-0.3, -0.25) is 4.90 Å². The van der Waals surface area contributed by atoms with Gasteiger partial charge in [0.25, 0.3) is 0 Å². The largest absolute Gasteiger partial charge is 0.478 e. The normalized spacial score (nSPS) is 10.5. The van der Waals surface area contributed by atoms with E-state index in [4.69, 9.17) is 14.9 Å². The molecule has 0 fully saturated rings. The molecular formula is C12H17NO4. The number of hydrogen-bond donors (Lipinski definition) is 2. The van der Waals surface area contributed by atoms with Crippen LogP contribution in [0.1, 0.15) is 17.3 Å². The quantitative estimate of drug-likeness (QED) is 0.696. The van der Waals surface area contributed by atoms with Crippen LogP contribution in [-0.4, -0.2) is 47.5 Å². The molecule has 0 saturated carbocycles. The van der Waals surface area contributed by atoms with Crippen molar-refractivity contribution in [3.63, 3.8) is 0 Å². The van der Waals surface area contributed by atoms with Crippen LogP contribution in [0, 0.1) is 0 Å². The molecule has 17 heavy (non-hydrogen) atoms. The Morgan fingerprint density at radius 1 is 1.47 bits per heavy atom. The molecule has 5 nitrogen and oxygen atoms in total. The van der Waals surface area contributed by atoms with Crippen LogP contribution in [0.3, 0.4) is 0 Å². The van der Waals surface area contributed by atoms with Crippen molar-refractivity contribution < 1.29 is 19.7 Å². The Labute approximate surface area is 100 Å². The molecule has 0 aromatic heterocycles. The van der Waals surface area contributed by atoms with E-state index >= 15 is 0 Å². The van der Waals surface area contributed by atoms with E-state index in [-0.39, 0.29) is 12.2 Å². The summed E-state index contributed by atoms with van der Waals surface area (Å²) in [6.07, 6.45) is 0. The molecular weight excluding hydrogens is 222 g/mol. The van der Waals surface area contributed by atoms with Crippen LogP contribution in [-0.2, 0) is 0 Å². The lowest BCUT2D eigenvalue weighted by atomic mass is 10.2. The van der Waals surface area contributed by atoms with Gasteiger partial charge in [-0.1, -0.05) is 13.0 Å². The molecule has 0 unspecified atom stereocenters. The van der Waals surface area contributed by atoms with Crippen LogP contribution in [0.5, 0.6) is 5.75 Å². The van der Waals surface area contributed by atoms with Gasteiger partial charge in [0, 0.05) is 6.54 Å². The maximum absolute atomic E-state index is 10.8. The van der Waals surface area contributed by atoms with E-state index in [2.05, 4.69) is 0 Å². The number of aliphatic hydroxyl groups excluding tert-OH is 1. The van der Waals surface area contributed by atoms with Gasteiger partial charge in [-0.25, -0.2) is 4.79 Å². The highest BCUT2D eigenvalue weighted by Crippen LogP contribution is 2.13. The first-order valence-electron chi connectivity index (χ1n) is 5.46. The van der Waals surface area contributed by atoms with Gasteiger partial charge >= 0.3 is 5.97 Å². The topological polar surface area (TPSA) is 70.0 Å². The first-order chi connectivity index (χ1) is 8.17. The number of nitrogens with zero attached hydrogens (tertiary/aromatic N) is 1. The Hall–Kier alpha value is -1.59. The van der Waals surface area contributed by atoms with Crippen molar-refractivity contribution in [1.82, 2.24) is 4.90 Å². The standard InChI is InChI=1S/C12H17NO4/c1-2-13(6-7-14)9-17-11-5-3-4-10(8-11)12(15)16/h3-5,8,14H,2,6-7,9H2,1H3,(H,15,16). The number of aliphatic hydroxyl groups is 1. The lowest BCUT2D eigenvalue weighted by Gasteiger charge is -2.19. The molecule has 1 aromatic carbocycles. The molecule has 1 rings (SSSR count). The fourth-order valence-electron chi connectivity index (χ4n) is 1.34. The van der Waals surface area contributed by atoms with Gasteiger partial charge in [-0.05, 0) is 24.7 Å². The summed E-state index contributed by atoms with van der Waals surface area (Å²) in [5.41, 5.74) is 0.202. The van der Waals surface area contributed by atoms with Crippen LogP contribution < -0.4 is 4.74 Å². The third-order valence-electron chi connectivity index (χ3n) is 2.36. The molecule has 0 spiro atoms. The van der Waals surface area contributed by atoms with Gasteiger partial charge in [-0.15, -0.1) is 0 Å². The number of carbonyl (C=O) groups is 1. The molecule has 0 amide bonds. The molecule has 0 bridgehead atoms. The Morgan fingerprint density at radius 2 is 2.24 bits per heavy atom. The second kappa shape index (κ2) is 6.88. The second-order valence-corrected chi connectivity index (χ2v) is 3.54. The summed E-state index contributed by atoms with van der Waals surface area (Å²) in [6, 6.07) is 6.34. The Kier molecular flexibility index (Phi) is 5.45. The molecule has 0 saturated heterocycles. The molecule has 94 valence electrons. The zero-order chi connectivity index (χ0) is 12.7. The number of aromatic carboxylic acids is 1. The molecule has 0 heterocycles. The van der Waals surface area contributed by atoms with E-state index < -0.39 is 5.97 Å². The number of rotatable bonds is 7. The lowest BCUT2D eigenvalue weighted by Crippen LogP contribution is -2.30. The minimum atomic E-state index is -0.974. The van der Waals surface area contributed by atoms with E-state index in [0.717, 1.165) is 6.54 Å². The highest BCUT2D eigenvalue weighted by molar-refractivity contribution is 5.87. The number of carboxylic acid groups (broad SMARTS) is 1. The van der Waals surface area contributed by atoms with E-state index in [1.54, 1.807) is 12.1 Å². The van der Waals surface area contributed by atoms with Crippen molar-refractivity contribution in [2.24, 2.45) is 0 Å². The maximum atomic E-state index is 10.8. The summed E-state index contributed by atoms with van der Waals surface area (Å²) in [5, 5.41) is 17.6. The first-order valence-corrected chi connectivity index (χ1v) is 5.46. The van der Waals surface area contributed by atoms with Crippen LogP contribution >= 0.6 is 0 Å². The summed E-state index contributed by atoms with van der Waals surface area (Å²) in [6.45, 7) is 3.67. The van der Waals surface area contributed by atoms with Gasteiger partial charge in [0.2, 0.25) is 0 Å². The van der Waals surface area contributed by atoms with Crippen LogP contribution in [0.15, 0.2) is 24.3 Å². The SMILES string of the molecule is CCN(CCO)COc1cccc(C(=O)O)c1. The van der Waals surface area contributed by atoms with E-state index in [1.165, 1.54) is 12.1 Å². The Bertz CT molecular complexity index is 367. The molecule has 0 aliphatic carbocycles. The minimum Gasteiger partial charge on any atom is -0.478 e. The Balaban J connectivity index is 2.56. The zero-order valence-electron chi connectivity index (χ0n) is 9.80. The third kappa shape index (κ3) is 4.42. The van der Waals surface area contributed by atoms with Crippen molar-refractivity contribution in [2.75, 3.05) is 26.4 Å². The van der Waals surface area contributed by atoms with E-state index in [1.807, 2.05) is 11.8 Å². The monoisotopic (exact) mass is 239 g/mol. The molecule has 0 radical (unpaired) electrons. The molecule has 0 aliphatic heterocycles. The lowest BCUT2D eigenvalue weighted by molar-refractivity contribution is 0.0695. The molecule has 0 aliphatic rings. The van der Waals surface area contributed by atoms with Gasteiger partial charge in [-0.2, -0.15) is 0 Å². The summed E-state index contributed by atoms with van der Waals surface area (Å²) in [4.78, 5) is 12.7. The van der Waals surface area contributed by atoms with Gasteiger partial charge < -0.3 is 14.9 Å². The highest BCUT2D eigenvalue weighted by atomic mass is 16.5. The van der Waals surface area contributed by atoms with Crippen molar-refractivity contribution >= 4 is 5.97 Å². The summed E-state index contributed by atoms with van der Waals surface area (Å²) in [7, 11) is 0. The first kappa shape index (κ1) is 13.5. The second-order valence-electron chi connectivity index (χ2n) is 3.54. The number of likely N-dealkylation sites (N-methyl/N-ethyl adjacent to an activating group) is 1. The average Bonchev–Trinajstić information content (AvgIpc) is 2.34. The van der Waals surface area contributed by atoms with Crippen molar-refractivity contribution in [3.8, 4) is 5.75 Å². The van der Waals surface area contributed by atoms with Crippen LogP contribution in [0.4, 0.5) is 0 Å². The predicted molar refractivity (Wildman–Crippen MR) is 63.2 cm³/mol. The third-order valence-corrected chi connectivity index (χ3v) is 2.36. The average molecular weight is 239 g/mol.